The van der Waals surface area contributed by atoms with E-state index >= 15 is 0 Å². The summed E-state index contributed by atoms with van der Waals surface area (Å²) in [6, 6.07) is 17.7. The number of allylic oxidation sites excluding steroid dienone is 1. The van der Waals surface area contributed by atoms with E-state index in [2.05, 4.69) is 20.8 Å². The number of para-hydroxylation sites is 1. The second kappa shape index (κ2) is 8.73. The van der Waals surface area contributed by atoms with Crippen LogP contribution in [0.5, 0.6) is 0 Å². The van der Waals surface area contributed by atoms with E-state index < -0.39 is 0 Å². The zero-order chi connectivity index (χ0) is 18.2. The van der Waals surface area contributed by atoms with Gasteiger partial charge in [0.2, 0.25) is 5.91 Å². The van der Waals surface area contributed by atoms with Gasteiger partial charge >= 0.3 is 0 Å². The molecule has 0 radical (unpaired) electrons. The maximum absolute atomic E-state index is 12.1. The molecule has 0 aliphatic heterocycles. The number of hydrogen-bond donors (Lipinski definition) is 3. The highest BCUT2D eigenvalue weighted by molar-refractivity contribution is 7.80. The van der Waals surface area contributed by atoms with Gasteiger partial charge < -0.3 is 10.3 Å². The van der Waals surface area contributed by atoms with Gasteiger partial charge in [0.05, 0.1) is 6.42 Å². The number of thiocarbonyl (C=S) groups is 1. The van der Waals surface area contributed by atoms with Crippen molar-refractivity contribution in [2.75, 3.05) is 0 Å². The second-order valence-electron chi connectivity index (χ2n) is 5.57. The van der Waals surface area contributed by atoms with E-state index in [9.17, 15) is 4.79 Å². The molecule has 0 aliphatic carbocycles. The van der Waals surface area contributed by atoms with Gasteiger partial charge in [0.25, 0.3) is 0 Å². The van der Waals surface area contributed by atoms with E-state index in [0.29, 0.717) is 0 Å². The van der Waals surface area contributed by atoms with Crippen LogP contribution in [0.2, 0.25) is 0 Å². The van der Waals surface area contributed by atoms with Crippen molar-refractivity contribution in [1.29, 1.82) is 0 Å². The molecule has 2 aromatic carbocycles. The first-order valence-electron chi connectivity index (χ1n) is 8.12. The minimum absolute atomic E-state index is 0.166. The number of nitrogens with zero attached hydrogens (tertiary/aromatic N) is 1. The van der Waals surface area contributed by atoms with Crippen molar-refractivity contribution in [3.05, 3.63) is 78.0 Å². The Morgan fingerprint density at radius 3 is 2.73 bits per heavy atom. The van der Waals surface area contributed by atoms with Crippen LogP contribution in [-0.4, -0.2) is 22.2 Å². The van der Waals surface area contributed by atoms with Crippen molar-refractivity contribution < 1.29 is 4.79 Å². The molecule has 6 heteroatoms. The molecule has 1 amide bonds. The lowest BCUT2D eigenvalue weighted by Crippen LogP contribution is -2.37. The number of nitrogens with one attached hydrogen (secondary N) is 3. The fourth-order valence-electron chi connectivity index (χ4n) is 2.51. The largest absolute Gasteiger partial charge is 0.361 e. The summed E-state index contributed by atoms with van der Waals surface area (Å²) >= 11 is 5.08. The summed E-state index contributed by atoms with van der Waals surface area (Å²) in [5.41, 5.74) is 5.64. The summed E-state index contributed by atoms with van der Waals surface area (Å²) in [7, 11) is 0. The second-order valence-corrected chi connectivity index (χ2v) is 5.98. The third kappa shape index (κ3) is 4.87. The van der Waals surface area contributed by atoms with E-state index in [-0.39, 0.29) is 17.4 Å². The minimum atomic E-state index is -0.192. The van der Waals surface area contributed by atoms with E-state index in [1.165, 1.54) is 0 Å². The van der Waals surface area contributed by atoms with Crippen molar-refractivity contribution >= 4 is 46.4 Å². The molecule has 26 heavy (non-hydrogen) atoms. The Hall–Kier alpha value is -3.25. The molecule has 1 heterocycles. The summed E-state index contributed by atoms with van der Waals surface area (Å²) < 4.78 is 0. The first-order chi connectivity index (χ1) is 12.7. The maximum Gasteiger partial charge on any atom is 0.230 e. The number of benzene rings is 2. The van der Waals surface area contributed by atoms with Gasteiger partial charge in [-0.15, -0.1) is 0 Å². The maximum atomic E-state index is 12.1. The molecule has 0 atom stereocenters. The topological polar surface area (TPSA) is 69.3 Å². The van der Waals surface area contributed by atoms with E-state index in [4.69, 9.17) is 12.2 Å². The van der Waals surface area contributed by atoms with Gasteiger partial charge in [0.1, 0.15) is 0 Å². The molecule has 0 saturated carbocycles. The van der Waals surface area contributed by atoms with E-state index in [1.807, 2.05) is 66.9 Å². The van der Waals surface area contributed by atoms with Gasteiger partial charge in [-0.25, -0.2) is 0 Å². The minimum Gasteiger partial charge on any atom is -0.361 e. The average Bonchev–Trinajstić information content (AvgIpc) is 3.05. The summed E-state index contributed by atoms with van der Waals surface area (Å²) in [6.45, 7) is 0. The summed E-state index contributed by atoms with van der Waals surface area (Å²) in [4.78, 5) is 15.3. The number of rotatable bonds is 5. The first kappa shape index (κ1) is 17.6. The van der Waals surface area contributed by atoms with Gasteiger partial charge in [-0.1, -0.05) is 54.6 Å². The van der Waals surface area contributed by atoms with Crippen LogP contribution in [0.4, 0.5) is 0 Å². The van der Waals surface area contributed by atoms with Crippen LogP contribution in [0.1, 0.15) is 11.1 Å². The third-order valence-corrected chi connectivity index (χ3v) is 3.89. The predicted octanol–water partition coefficient (Wildman–Crippen LogP) is 3.40. The number of carbonyl (C=O) groups excluding carboxylic acids is 1. The Labute approximate surface area is 156 Å². The lowest BCUT2D eigenvalue weighted by atomic mass is 10.1. The fourth-order valence-corrected chi connectivity index (χ4v) is 2.67. The molecule has 0 fully saturated rings. The quantitative estimate of drug-likeness (QED) is 0.370. The van der Waals surface area contributed by atoms with E-state index in [0.717, 1.165) is 22.0 Å². The molecule has 1 aromatic heterocycles. The molecule has 3 N–H and O–H groups in total. The Morgan fingerprint density at radius 1 is 1.12 bits per heavy atom. The zero-order valence-electron chi connectivity index (χ0n) is 14.0. The molecular formula is C20H18N4OS. The average molecular weight is 362 g/mol. The molecular weight excluding hydrogens is 344 g/mol. The molecule has 0 spiro atoms. The Morgan fingerprint density at radius 2 is 1.88 bits per heavy atom. The van der Waals surface area contributed by atoms with Crippen LogP contribution < -0.4 is 10.7 Å². The Kier molecular flexibility index (Phi) is 5.90. The molecule has 0 bridgehead atoms. The number of hydrogen-bond acceptors (Lipinski definition) is 3. The van der Waals surface area contributed by atoms with Gasteiger partial charge in [0.15, 0.2) is 5.11 Å². The van der Waals surface area contributed by atoms with Crippen molar-refractivity contribution in [3.8, 4) is 0 Å². The lowest BCUT2D eigenvalue weighted by molar-refractivity contribution is -0.119. The Balaban J connectivity index is 1.46. The van der Waals surface area contributed by atoms with Gasteiger partial charge in [-0.05, 0) is 35.5 Å². The molecule has 0 saturated heterocycles. The lowest BCUT2D eigenvalue weighted by Gasteiger charge is -2.05. The smallest absolute Gasteiger partial charge is 0.230 e. The number of hydrazone groups is 1. The van der Waals surface area contributed by atoms with E-state index in [1.54, 1.807) is 12.3 Å². The van der Waals surface area contributed by atoms with Crippen LogP contribution in [0.25, 0.3) is 17.0 Å². The van der Waals surface area contributed by atoms with Gasteiger partial charge in [-0.3, -0.25) is 10.2 Å². The summed E-state index contributed by atoms with van der Waals surface area (Å²) in [5.74, 6) is -0.192. The zero-order valence-corrected chi connectivity index (χ0v) is 14.8. The SMILES string of the molecule is O=C(Cc1c[nH]c2ccccc12)NC(=S)N/N=C/C=C/c1ccccc1. The number of aromatic amines is 1. The van der Waals surface area contributed by atoms with Crippen LogP contribution in [0.3, 0.4) is 0 Å². The van der Waals surface area contributed by atoms with Crippen LogP contribution >= 0.6 is 12.2 Å². The standard InChI is InChI=1S/C20H18N4OS/c25-19(13-16-14-21-18-11-5-4-10-17(16)18)23-20(26)24-22-12-6-9-15-7-2-1-3-8-15/h1-12,14,21H,13H2,(H2,23,24,25,26)/b9-6+,22-12+. The van der Waals surface area contributed by atoms with Crippen molar-refractivity contribution in [2.45, 2.75) is 6.42 Å². The van der Waals surface area contributed by atoms with Crippen molar-refractivity contribution in [3.63, 3.8) is 0 Å². The summed E-state index contributed by atoms with van der Waals surface area (Å²) in [6.07, 6.45) is 7.37. The monoisotopic (exact) mass is 362 g/mol. The summed E-state index contributed by atoms with van der Waals surface area (Å²) in [5, 5.41) is 7.78. The molecule has 3 rings (SSSR count). The van der Waals surface area contributed by atoms with Crippen LogP contribution in [-0.2, 0) is 11.2 Å². The highest BCUT2D eigenvalue weighted by Gasteiger charge is 2.09. The van der Waals surface area contributed by atoms with Crippen molar-refractivity contribution in [2.24, 2.45) is 5.10 Å². The predicted molar refractivity (Wildman–Crippen MR) is 110 cm³/mol. The molecule has 130 valence electrons. The normalized spacial score (nSPS) is 11.2. The molecule has 0 unspecified atom stereocenters. The molecule has 0 aliphatic rings. The fraction of sp³-hybridized carbons (Fsp3) is 0.0500. The Bertz CT molecular complexity index is 960. The third-order valence-electron chi connectivity index (χ3n) is 3.69. The van der Waals surface area contributed by atoms with Crippen LogP contribution in [0, 0.1) is 0 Å². The highest BCUT2D eigenvalue weighted by Crippen LogP contribution is 2.17. The number of H-pyrrole nitrogens is 1. The number of fused-ring (bicyclic) bond motifs is 1. The molecule has 3 aromatic rings. The molecule has 5 nitrogen and oxygen atoms in total. The van der Waals surface area contributed by atoms with Crippen molar-refractivity contribution in [1.82, 2.24) is 15.7 Å². The van der Waals surface area contributed by atoms with Crippen LogP contribution in [0.15, 0.2) is 72.0 Å². The van der Waals surface area contributed by atoms with Gasteiger partial charge in [0, 0.05) is 23.3 Å². The van der Waals surface area contributed by atoms with Gasteiger partial charge in [-0.2, -0.15) is 5.10 Å². The number of amides is 1. The highest BCUT2D eigenvalue weighted by atomic mass is 32.1. The number of aromatic nitrogens is 1. The number of carbonyl (C=O) groups is 1. The first-order valence-corrected chi connectivity index (χ1v) is 8.53.